The Morgan fingerprint density at radius 1 is 0.443 bits per heavy atom. The molecule has 0 atom stereocenters. The number of para-hydroxylation sites is 2. The smallest absolute Gasteiger partial charge is 0.211 e. The largest absolute Gasteiger partial charge is 0.320 e. The molecule has 9 aromatic carbocycles. The second kappa shape index (κ2) is 15.2. The molecule has 288 valence electrons. The van der Waals surface area contributed by atoms with Crippen molar-refractivity contribution in [3.63, 3.8) is 0 Å². The Labute approximate surface area is 357 Å². The lowest BCUT2D eigenvalue weighted by atomic mass is 9.81. The second-order valence-corrected chi connectivity index (χ2v) is 16.0. The van der Waals surface area contributed by atoms with E-state index in [9.17, 15) is 5.26 Å². The SMILES string of the molecule is [C-]#[N+]c1cc(-c2ccccc2)ccc1N(c1ccccc1)c1ccc2c(c1)C(C)(C)c1cc3cc(N(c4ccccc4)c4ccc(-c5ccccc5)cc4C#N)ccc3cc1-2. The maximum absolute atomic E-state index is 10.5. The van der Waals surface area contributed by atoms with Crippen molar-refractivity contribution in [2.24, 2.45) is 0 Å². The number of nitriles is 1. The third kappa shape index (κ3) is 6.58. The zero-order valence-corrected chi connectivity index (χ0v) is 33.9. The molecule has 0 amide bonds. The summed E-state index contributed by atoms with van der Waals surface area (Å²) in [6, 6.07) is 73.9. The van der Waals surface area contributed by atoms with Crippen LogP contribution in [0, 0.1) is 17.9 Å². The highest BCUT2D eigenvalue weighted by Crippen LogP contribution is 2.53. The first-order valence-corrected chi connectivity index (χ1v) is 20.5. The summed E-state index contributed by atoms with van der Waals surface area (Å²) in [5.41, 5.74) is 15.6. The zero-order chi connectivity index (χ0) is 41.5. The molecule has 61 heavy (non-hydrogen) atoms. The molecule has 4 heteroatoms. The molecule has 0 saturated heterocycles. The van der Waals surface area contributed by atoms with Crippen LogP contribution in [-0.2, 0) is 5.41 Å². The summed E-state index contributed by atoms with van der Waals surface area (Å²) in [7, 11) is 0. The van der Waals surface area contributed by atoms with Crippen LogP contribution in [0.15, 0.2) is 206 Å². The van der Waals surface area contributed by atoms with E-state index < -0.39 is 0 Å². The standard InChI is InChI=1S/C57H40N4/c1-57(2)52-35-44-33-48(60(46-20-12-6-13-21-46)55-30-25-41(32-45(55)38-58)39-16-8-4-9-17-39)27-24-42(44)34-51(52)50-29-28-49(37-53(50)57)61(47-22-14-7-15-23-47)56-31-26-43(36-54(56)59-3)40-18-10-5-11-19-40/h4-37H,1-2H3. The van der Waals surface area contributed by atoms with Crippen LogP contribution in [0.25, 0.3) is 49.0 Å². The van der Waals surface area contributed by atoms with Gasteiger partial charge in [0, 0.05) is 28.2 Å². The minimum Gasteiger partial charge on any atom is -0.320 e. The topological polar surface area (TPSA) is 34.6 Å². The number of hydrogen-bond acceptors (Lipinski definition) is 3. The van der Waals surface area contributed by atoms with Crippen molar-refractivity contribution in [3.05, 3.63) is 234 Å². The van der Waals surface area contributed by atoms with Crippen molar-refractivity contribution in [1.29, 1.82) is 5.26 Å². The van der Waals surface area contributed by atoms with E-state index in [-0.39, 0.29) is 5.41 Å². The summed E-state index contributed by atoms with van der Waals surface area (Å²) in [6.45, 7) is 12.9. The van der Waals surface area contributed by atoms with Gasteiger partial charge in [0.1, 0.15) is 6.07 Å². The van der Waals surface area contributed by atoms with Crippen LogP contribution in [-0.4, -0.2) is 0 Å². The highest BCUT2D eigenvalue weighted by molar-refractivity contribution is 5.98. The number of hydrogen-bond donors (Lipinski definition) is 0. The molecule has 4 nitrogen and oxygen atoms in total. The lowest BCUT2D eigenvalue weighted by molar-refractivity contribution is 0.661. The van der Waals surface area contributed by atoms with E-state index in [0.717, 1.165) is 67.2 Å². The van der Waals surface area contributed by atoms with E-state index in [1.54, 1.807) is 0 Å². The van der Waals surface area contributed by atoms with E-state index >= 15 is 0 Å². The van der Waals surface area contributed by atoms with Gasteiger partial charge in [0.2, 0.25) is 5.69 Å². The zero-order valence-electron chi connectivity index (χ0n) is 33.9. The molecule has 10 rings (SSSR count). The summed E-state index contributed by atoms with van der Waals surface area (Å²) in [5, 5.41) is 12.8. The summed E-state index contributed by atoms with van der Waals surface area (Å²) < 4.78 is 0. The fraction of sp³-hybridized carbons (Fsp3) is 0.0526. The van der Waals surface area contributed by atoms with Gasteiger partial charge in [-0.25, -0.2) is 4.85 Å². The van der Waals surface area contributed by atoms with E-state index in [1.807, 2.05) is 84.9 Å². The van der Waals surface area contributed by atoms with Crippen LogP contribution in [0.2, 0.25) is 0 Å². The van der Waals surface area contributed by atoms with Gasteiger partial charge < -0.3 is 9.80 Å². The molecule has 9 aromatic rings. The lowest BCUT2D eigenvalue weighted by Gasteiger charge is -2.29. The van der Waals surface area contributed by atoms with Gasteiger partial charge in [-0.15, -0.1) is 0 Å². The van der Waals surface area contributed by atoms with E-state index in [1.165, 1.54) is 22.3 Å². The summed E-state index contributed by atoms with van der Waals surface area (Å²) >= 11 is 0. The molecule has 0 aromatic heterocycles. The average molecular weight is 781 g/mol. The van der Waals surface area contributed by atoms with Crippen molar-refractivity contribution in [1.82, 2.24) is 0 Å². The molecule has 1 aliphatic carbocycles. The molecule has 0 radical (unpaired) electrons. The van der Waals surface area contributed by atoms with Crippen LogP contribution in [0.4, 0.5) is 39.8 Å². The highest BCUT2D eigenvalue weighted by Gasteiger charge is 2.36. The van der Waals surface area contributed by atoms with Gasteiger partial charge in [0.05, 0.1) is 23.5 Å². The van der Waals surface area contributed by atoms with Crippen molar-refractivity contribution >= 4 is 50.6 Å². The Balaban J connectivity index is 1.06. The maximum atomic E-state index is 10.5. The molecule has 0 heterocycles. The molecule has 0 fully saturated rings. The lowest BCUT2D eigenvalue weighted by Crippen LogP contribution is -2.16. The third-order valence-corrected chi connectivity index (χ3v) is 12.1. The summed E-state index contributed by atoms with van der Waals surface area (Å²) in [5.74, 6) is 0. The van der Waals surface area contributed by atoms with Gasteiger partial charge in [0.15, 0.2) is 0 Å². The van der Waals surface area contributed by atoms with E-state index in [2.05, 4.69) is 156 Å². The third-order valence-electron chi connectivity index (χ3n) is 12.1. The van der Waals surface area contributed by atoms with Gasteiger partial charge in [-0.05, 0) is 140 Å². The van der Waals surface area contributed by atoms with Gasteiger partial charge in [0.25, 0.3) is 0 Å². The number of nitrogens with zero attached hydrogens (tertiary/aromatic N) is 4. The quantitative estimate of drug-likeness (QED) is 0.144. The Morgan fingerprint density at radius 2 is 0.967 bits per heavy atom. The van der Waals surface area contributed by atoms with Gasteiger partial charge in [-0.1, -0.05) is 135 Å². The first kappa shape index (κ1) is 37.1. The van der Waals surface area contributed by atoms with Crippen LogP contribution in [0.5, 0.6) is 0 Å². The maximum Gasteiger partial charge on any atom is 0.211 e. The Morgan fingerprint density at radius 3 is 1.57 bits per heavy atom. The van der Waals surface area contributed by atoms with Crippen molar-refractivity contribution < 1.29 is 0 Å². The van der Waals surface area contributed by atoms with Crippen LogP contribution in [0.3, 0.4) is 0 Å². The number of anilines is 6. The highest BCUT2D eigenvalue weighted by atomic mass is 15.2. The second-order valence-electron chi connectivity index (χ2n) is 16.0. The Hall–Kier alpha value is -8.18. The molecular formula is C57H40N4. The predicted molar refractivity (Wildman–Crippen MR) is 253 cm³/mol. The molecule has 0 N–H and O–H groups in total. The fourth-order valence-electron chi connectivity index (χ4n) is 8.98. The van der Waals surface area contributed by atoms with Gasteiger partial charge in [-0.3, -0.25) is 0 Å². The van der Waals surface area contributed by atoms with Crippen molar-refractivity contribution in [3.8, 4) is 39.4 Å². The van der Waals surface area contributed by atoms with Crippen LogP contribution in [0.1, 0.15) is 30.5 Å². The predicted octanol–water partition coefficient (Wildman–Crippen LogP) is 15.8. The first-order valence-electron chi connectivity index (χ1n) is 20.5. The van der Waals surface area contributed by atoms with E-state index in [0.29, 0.717) is 11.3 Å². The normalized spacial score (nSPS) is 12.2. The van der Waals surface area contributed by atoms with Crippen molar-refractivity contribution in [2.45, 2.75) is 19.3 Å². The molecule has 0 unspecified atom stereocenters. The van der Waals surface area contributed by atoms with Gasteiger partial charge >= 0.3 is 0 Å². The number of fused-ring (bicyclic) bond motifs is 4. The summed E-state index contributed by atoms with van der Waals surface area (Å²) in [6.07, 6.45) is 0. The molecular weight excluding hydrogens is 741 g/mol. The molecule has 0 saturated carbocycles. The first-order chi connectivity index (χ1) is 29.9. The summed E-state index contributed by atoms with van der Waals surface area (Å²) in [4.78, 5) is 8.47. The Kier molecular flexibility index (Phi) is 9.25. The molecule has 0 spiro atoms. The van der Waals surface area contributed by atoms with Crippen molar-refractivity contribution in [2.75, 3.05) is 9.80 Å². The molecule has 0 bridgehead atoms. The fourth-order valence-corrected chi connectivity index (χ4v) is 8.98. The monoisotopic (exact) mass is 780 g/mol. The average Bonchev–Trinajstić information content (AvgIpc) is 3.53. The number of rotatable bonds is 8. The van der Waals surface area contributed by atoms with Crippen LogP contribution < -0.4 is 9.80 Å². The number of benzene rings is 9. The molecule has 1 aliphatic rings. The van der Waals surface area contributed by atoms with E-state index in [4.69, 9.17) is 6.57 Å². The minimum absolute atomic E-state index is 0.312. The van der Waals surface area contributed by atoms with Crippen LogP contribution >= 0.6 is 0 Å². The molecule has 0 aliphatic heterocycles. The Bertz CT molecular complexity index is 3180. The minimum atomic E-state index is -0.312. The van der Waals surface area contributed by atoms with Gasteiger partial charge in [-0.2, -0.15) is 5.26 Å².